The fourth-order valence-electron chi connectivity index (χ4n) is 2.61. The van der Waals surface area contributed by atoms with E-state index < -0.39 is 18.0 Å². The van der Waals surface area contributed by atoms with Crippen LogP contribution in [0.25, 0.3) is 0 Å². The van der Waals surface area contributed by atoms with Crippen LogP contribution in [0.3, 0.4) is 0 Å². The highest BCUT2D eigenvalue weighted by Crippen LogP contribution is 2.28. The molecule has 0 aliphatic rings. The number of benzene rings is 1. The molecule has 134 valence electrons. The summed E-state index contributed by atoms with van der Waals surface area (Å²) in [5.41, 5.74) is 7.41. The van der Waals surface area contributed by atoms with Crippen LogP contribution in [0.15, 0.2) is 41.8 Å². The zero-order valence-corrected chi connectivity index (χ0v) is 15.6. The van der Waals surface area contributed by atoms with Crippen LogP contribution in [-0.2, 0) is 4.79 Å². The Morgan fingerprint density at radius 3 is 2.28 bits per heavy atom. The zero-order chi connectivity index (χ0) is 18.4. The smallest absolute Gasteiger partial charge is 0.318 e. The quantitative estimate of drug-likeness (QED) is 0.707. The summed E-state index contributed by atoms with van der Waals surface area (Å²) in [7, 11) is 0. The number of carbonyl (C=O) groups excluding carboxylic acids is 2. The minimum Gasteiger partial charge on any atom is -0.351 e. The topological polar surface area (TPSA) is 84.2 Å². The molecular weight excluding hydrogens is 334 g/mol. The van der Waals surface area contributed by atoms with E-state index in [9.17, 15) is 9.59 Å². The highest BCUT2D eigenvalue weighted by molar-refractivity contribution is 7.10. The Hall–Kier alpha value is -2.18. The number of hydrogen-bond donors (Lipinski definition) is 3. The molecule has 0 saturated carbocycles. The van der Waals surface area contributed by atoms with Gasteiger partial charge in [0.15, 0.2) is 0 Å². The highest BCUT2D eigenvalue weighted by atomic mass is 32.1. The molecule has 25 heavy (non-hydrogen) atoms. The number of nitrogens with two attached hydrogens (primary N) is 1. The zero-order valence-electron chi connectivity index (χ0n) is 14.8. The molecule has 0 saturated heterocycles. The molecule has 3 amide bonds. The summed E-state index contributed by atoms with van der Waals surface area (Å²) < 4.78 is 0. The third kappa shape index (κ3) is 5.14. The summed E-state index contributed by atoms with van der Waals surface area (Å²) in [6.07, 6.45) is 1.09. The molecule has 0 radical (unpaired) electrons. The minimum absolute atomic E-state index is 0.125. The molecule has 0 fully saturated rings. The SMILES string of the molecule is CC[C@@H](C)c1ccc([C@@H](N[C@@H](C)C(=O)NC(N)=O)c2cccs2)cc1. The van der Waals surface area contributed by atoms with Gasteiger partial charge in [-0.25, -0.2) is 4.79 Å². The number of thiophene rings is 1. The predicted octanol–water partition coefficient (Wildman–Crippen LogP) is 3.52. The van der Waals surface area contributed by atoms with Crippen LogP contribution in [0.1, 0.15) is 55.2 Å². The molecule has 0 spiro atoms. The Morgan fingerprint density at radius 2 is 1.76 bits per heavy atom. The Balaban J connectivity index is 2.22. The van der Waals surface area contributed by atoms with Crippen LogP contribution in [-0.4, -0.2) is 18.0 Å². The summed E-state index contributed by atoms with van der Waals surface area (Å²) in [5.74, 6) is 0.0766. The fraction of sp³-hybridized carbons (Fsp3) is 0.368. The van der Waals surface area contributed by atoms with Crippen molar-refractivity contribution < 1.29 is 9.59 Å². The van der Waals surface area contributed by atoms with E-state index in [1.165, 1.54) is 5.56 Å². The molecule has 1 heterocycles. The van der Waals surface area contributed by atoms with Crippen LogP contribution < -0.4 is 16.4 Å². The van der Waals surface area contributed by atoms with Crippen molar-refractivity contribution in [3.05, 3.63) is 57.8 Å². The monoisotopic (exact) mass is 359 g/mol. The van der Waals surface area contributed by atoms with Crippen molar-refractivity contribution in [2.45, 2.75) is 45.2 Å². The second kappa shape index (κ2) is 8.78. The van der Waals surface area contributed by atoms with E-state index in [0.717, 1.165) is 16.9 Å². The third-order valence-electron chi connectivity index (χ3n) is 4.34. The lowest BCUT2D eigenvalue weighted by Crippen LogP contribution is -2.47. The largest absolute Gasteiger partial charge is 0.351 e. The normalized spacial score (nSPS) is 14.5. The maximum Gasteiger partial charge on any atom is 0.318 e. The van der Waals surface area contributed by atoms with Crippen LogP contribution in [0.5, 0.6) is 0 Å². The Labute approximate surface area is 152 Å². The predicted molar refractivity (Wildman–Crippen MR) is 102 cm³/mol. The molecule has 5 nitrogen and oxygen atoms in total. The van der Waals surface area contributed by atoms with E-state index in [2.05, 4.69) is 48.7 Å². The Morgan fingerprint density at radius 1 is 1.12 bits per heavy atom. The average Bonchev–Trinajstić information content (AvgIpc) is 3.12. The molecule has 0 aliphatic carbocycles. The molecular formula is C19H25N3O2S. The second-order valence-corrected chi connectivity index (χ2v) is 7.15. The van der Waals surface area contributed by atoms with Gasteiger partial charge < -0.3 is 5.73 Å². The van der Waals surface area contributed by atoms with Crippen molar-refractivity contribution >= 4 is 23.3 Å². The molecule has 0 aliphatic heterocycles. The van der Waals surface area contributed by atoms with Crippen molar-refractivity contribution in [2.75, 3.05) is 0 Å². The van der Waals surface area contributed by atoms with Gasteiger partial charge in [0.05, 0.1) is 12.1 Å². The number of amides is 3. The van der Waals surface area contributed by atoms with Gasteiger partial charge >= 0.3 is 6.03 Å². The van der Waals surface area contributed by atoms with Gasteiger partial charge in [-0.05, 0) is 41.8 Å². The summed E-state index contributed by atoms with van der Waals surface area (Å²) >= 11 is 1.62. The first-order valence-corrected chi connectivity index (χ1v) is 9.30. The molecule has 4 N–H and O–H groups in total. The number of carbonyl (C=O) groups is 2. The summed E-state index contributed by atoms with van der Waals surface area (Å²) in [6, 6.07) is 11.0. The number of hydrogen-bond acceptors (Lipinski definition) is 4. The van der Waals surface area contributed by atoms with Crippen LogP contribution in [0, 0.1) is 0 Å². The van der Waals surface area contributed by atoms with E-state index >= 15 is 0 Å². The first-order valence-electron chi connectivity index (χ1n) is 8.42. The van der Waals surface area contributed by atoms with E-state index in [1.807, 2.05) is 17.5 Å². The van der Waals surface area contributed by atoms with Gasteiger partial charge in [0.1, 0.15) is 0 Å². The van der Waals surface area contributed by atoms with Crippen LogP contribution >= 0.6 is 11.3 Å². The molecule has 2 aromatic rings. The van der Waals surface area contributed by atoms with E-state index in [4.69, 9.17) is 5.73 Å². The molecule has 6 heteroatoms. The summed E-state index contributed by atoms with van der Waals surface area (Å²) in [4.78, 5) is 24.0. The standard InChI is InChI=1S/C19H25N3O2S/c1-4-12(2)14-7-9-15(10-8-14)17(16-6-5-11-25-16)21-13(3)18(23)22-19(20)24/h5-13,17,21H,4H2,1-3H3,(H3,20,22,23,24)/t12-,13+,17-/m1/s1. The lowest BCUT2D eigenvalue weighted by Gasteiger charge is -2.23. The third-order valence-corrected chi connectivity index (χ3v) is 5.27. The van der Waals surface area contributed by atoms with Gasteiger partial charge in [0.25, 0.3) is 0 Å². The molecule has 0 bridgehead atoms. The van der Waals surface area contributed by atoms with Crippen molar-refractivity contribution in [3.8, 4) is 0 Å². The Kier molecular flexibility index (Phi) is 6.73. The van der Waals surface area contributed by atoms with Crippen molar-refractivity contribution in [3.63, 3.8) is 0 Å². The molecule has 2 rings (SSSR count). The molecule has 1 aromatic carbocycles. The summed E-state index contributed by atoms with van der Waals surface area (Å²) in [6.45, 7) is 6.10. The lowest BCUT2D eigenvalue weighted by atomic mass is 9.95. The van der Waals surface area contributed by atoms with Gasteiger partial charge in [0, 0.05) is 4.88 Å². The average molecular weight is 359 g/mol. The Bertz CT molecular complexity index is 698. The van der Waals surface area contributed by atoms with Gasteiger partial charge in [-0.3, -0.25) is 15.4 Å². The van der Waals surface area contributed by atoms with E-state index in [-0.39, 0.29) is 6.04 Å². The van der Waals surface area contributed by atoms with E-state index in [0.29, 0.717) is 5.92 Å². The molecule has 1 aromatic heterocycles. The van der Waals surface area contributed by atoms with Crippen LogP contribution in [0.4, 0.5) is 4.79 Å². The molecule has 0 unspecified atom stereocenters. The van der Waals surface area contributed by atoms with Crippen LogP contribution in [0.2, 0.25) is 0 Å². The first kappa shape index (κ1) is 19.1. The van der Waals surface area contributed by atoms with Crippen molar-refractivity contribution in [1.29, 1.82) is 0 Å². The number of primary amides is 1. The maximum absolute atomic E-state index is 12.0. The second-order valence-electron chi connectivity index (χ2n) is 6.17. The number of nitrogens with one attached hydrogen (secondary N) is 2. The first-order chi connectivity index (χ1) is 11.9. The minimum atomic E-state index is -0.843. The summed E-state index contributed by atoms with van der Waals surface area (Å²) in [5, 5.41) is 7.42. The van der Waals surface area contributed by atoms with Gasteiger partial charge in [-0.15, -0.1) is 11.3 Å². The maximum atomic E-state index is 12.0. The lowest BCUT2D eigenvalue weighted by molar-refractivity contribution is -0.121. The van der Waals surface area contributed by atoms with Gasteiger partial charge in [-0.2, -0.15) is 0 Å². The number of urea groups is 1. The fourth-order valence-corrected chi connectivity index (χ4v) is 3.42. The van der Waals surface area contributed by atoms with Gasteiger partial charge in [0.2, 0.25) is 5.91 Å². The van der Waals surface area contributed by atoms with Crippen molar-refractivity contribution in [2.24, 2.45) is 5.73 Å². The number of rotatable bonds is 7. The highest BCUT2D eigenvalue weighted by Gasteiger charge is 2.22. The molecule has 3 atom stereocenters. The number of imide groups is 1. The van der Waals surface area contributed by atoms with E-state index in [1.54, 1.807) is 18.3 Å². The van der Waals surface area contributed by atoms with Crippen molar-refractivity contribution in [1.82, 2.24) is 10.6 Å². The van der Waals surface area contributed by atoms with Gasteiger partial charge in [-0.1, -0.05) is 44.2 Å².